The Morgan fingerprint density at radius 1 is 1.03 bits per heavy atom. The number of benzene rings is 1. The van der Waals surface area contributed by atoms with E-state index in [0.29, 0.717) is 24.0 Å². The number of anilines is 1. The lowest BCUT2D eigenvalue weighted by atomic mass is 9.95. The van der Waals surface area contributed by atoms with Gasteiger partial charge in [0.1, 0.15) is 5.82 Å². The molecule has 1 atom stereocenters. The molecule has 1 saturated heterocycles. The normalized spacial score (nSPS) is 20.0. The van der Waals surface area contributed by atoms with Crippen molar-refractivity contribution >= 4 is 17.5 Å². The molecule has 2 aromatic rings. The number of nitrogens with one attached hydrogen (secondary N) is 2. The van der Waals surface area contributed by atoms with Crippen LogP contribution in [0.4, 0.5) is 5.69 Å². The summed E-state index contributed by atoms with van der Waals surface area (Å²) in [7, 11) is 0. The molecule has 0 spiro atoms. The third-order valence-corrected chi connectivity index (χ3v) is 6.46. The van der Waals surface area contributed by atoms with E-state index in [1.54, 1.807) is 6.20 Å². The fourth-order valence-corrected chi connectivity index (χ4v) is 4.83. The van der Waals surface area contributed by atoms with Crippen LogP contribution in [-0.2, 0) is 4.79 Å². The predicted octanol–water partition coefficient (Wildman–Crippen LogP) is 4.01. The van der Waals surface area contributed by atoms with Crippen molar-refractivity contribution in [2.75, 3.05) is 18.4 Å². The second-order valence-corrected chi connectivity index (χ2v) is 8.92. The topological polar surface area (TPSA) is 87.2 Å². The molecule has 170 valence electrons. The van der Waals surface area contributed by atoms with Gasteiger partial charge < -0.3 is 10.6 Å². The number of para-hydroxylation sites is 1. The molecule has 2 heterocycles. The lowest BCUT2D eigenvalue weighted by Crippen LogP contribution is -2.45. The first-order chi connectivity index (χ1) is 15.6. The Morgan fingerprint density at radius 2 is 1.78 bits per heavy atom. The zero-order valence-electron chi connectivity index (χ0n) is 18.8. The van der Waals surface area contributed by atoms with Crippen molar-refractivity contribution in [3.63, 3.8) is 0 Å². The summed E-state index contributed by atoms with van der Waals surface area (Å²) >= 11 is 0. The van der Waals surface area contributed by atoms with Gasteiger partial charge in [0, 0.05) is 17.9 Å². The van der Waals surface area contributed by atoms with Gasteiger partial charge in [-0.15, -0.1) is 0 Å². The maximum atomic E-state index is 13.1. The summed E-state index contributed by atoms with van der Waals surface area (Å²) in [6, 6.07) is 9.62. The Hall–Kier alpha value is -2.80. The molecule has 1 aromatic heterocycles. The maximum absolute atomic E-state index is 13.1. The molecule has 7 nitrogen and oxygen atoms in total. The second kappa shape index (κ2) is 10.7. The second-order valence-electron chi connectivity index (χ2n) is 8.92. The fraction of sp³-hybridized carbons (Fsp3) is 0.520. The summed E-state index contributed by atoms with van der Waals surface area (Å²) in [5.41, 5.74) is 1.93. The maximum Gasteiger partial charge on any atom is 0.259 e. The molecule has 2 amide bonds. The molecular formula is C25H33N5O2. The third-order valence-electron chi connectivity index (χ3n) is 6.46. The van der Waals surface area contributed by atoms with Crippen molar-refractivity contribution in [3.05, 3.63) is 53.6 Å². The zero-order valence-corrected chi connectivity index (χ0v) is 18.8. The highest BCUT2D eigenvalue weighted by atomic mass is 16.2. The average molecular weight is 436 g/mol. The molecule has 1 aliphatic heterocycles. The third kappa shape index (κ3) is 5.71. The van der Waals surface area contributed by atoms with E-state index in [1.807, 2.05) is 37.3 Å². The van der Waals surface area contributed by atoms with Crippen molar-refractivity contribution in [2.45, 2.75) is 70.4 Å². The Bertz CT molecular complexity index is 927. The molecule has 32 heavy (non-hydrogen) atoms. The zero-order chi connectivity index (χ0) is 22.3. The van der Waals surface area contributed by atoms with Crippen LogP contribution in [0.1, 0.15) is 79.3 Å². The molecular weight excluding hydrogens is 402 g/mol. The largest absolute Gasteiger partial charge is 0.352 e. The van der Waals surface area contributed by atoms with Gasteiger partial charge in [-0.25, -0.2) is 9.97 Å². The lowest BCUT2D eigenvalue weighted by molar-refractivity contribution is -0.124. The number of likely N-dealkylation sites (tertiary alicyclic amines) is 1. The van der Waals surface area contributed by atoms with E-state index < -0.39 is 0 Å². The minimum atomic E-state index is -0.219. The van der Waals surface area contributed by atoms with Crippen molar-refractivity contribution in [2.24, 2.45) is 0 Å². The quantitative estimate of drug-likeness (QED) is 0.716. The van der Waals surface area contributed by atoms with Crippen molar-refractivity contribution in [1.82, 2.24) is 20.2 Å². The first-order valence-electron chi connectivity index (χ1n) is 11.8. The molecule has 2 N–H and O–H groups in total. The van der Waals surface area contributed by atoms with Gasteiger partial charge in [-0.05, 0) is 51.3 Å². The van der Waals surface area contributed by atoms with Crippen LogP contribution in [0.15, 0.2) is 36.5 Å². The Kier molecular flexibility index (Phi) is 7.47. The van der Waals surface area contributed by atoms with Gasteiger partial charge in [-0.3, -0.25) is 14.5 Å². The van der Waals surface area contributed by atoms with Crippen LogP contribution in [0, 0.1) is 6.92 Å². The first-order valence-corrected chi connectivity index (χ1v) is 11.8. The number of amides is 2. The van der Waals surface area contributed by atoms with E-state index in [1.165, 1.54) is 19.3 Å². The van der Waals surface area contributed by atoms with Crippen molar-refractivity contribution < 1.29 is 9.59 Å². The van der Waals surface area contributed by atoms with Crippen molar-refractivity contribution in [3.8, 4) is 0 Å². The highest BCUT2D eigenvalue weighted by Gasteiger charge is 2.31. The van der Waals surface area contributed by atoms with E-state index in [9.17, 15) is 9.59 Å². The highest BCUT2D eigenvalue weighted by molar-refractivity contribution is 6.04. The fourth-order valence-electron chi connectivity index (χ4n) is 4.83. The number of carbonyl (C=O) groups excluding carboxylic acids is 2. The molecule has 2 aliphatic rings. The van der Waals surface area contributed by atoms with Gasteiger partial charge in [0.2, 0.25) is 5.91 Å². The number of nitrogens with zero attached hydrogens (tertiary/aromatic N) is 3. The summed E-state index contributed by atoms with van der Waals surface area (Å²) in [6.45, 7) is 3.00. The number of piperidine rings is 1. The minimum absolute atomic E-state index is 0.0703. The number of hydrogen-bond acceptors (Lipinski definition) is 5. The van der Waals surface area contributed by atoms with Gasteiger partial charge in [0.15, 0.2) is 0 Å². The Balaban J connectivity index is 1.51. The van der Waals surface area contributed by atoms with Crippen LogP contribution in [0.5, 0.6) is 0 Å². The number of carbonyl (C=O) groups is 2. The molecule has 0 unspecified atom stereocenters. The van der Waals surface area contributed by atoms with Crippen LogP contribution in [0.2, 0.25) is 0 Å². The summed E-state index contributed by atoms with van der Waals surface area (Å²) in [5, 5.41) is 6.18. The lowest BCUT2D eigenvalue weighted by Gasteiger charge is -2.36. The van der Waals surface area contributed by atoms with E-state index >= 15 is 0 Å². The Morgan fingerprint density at radius 3 is 2.56 bits per heavy atom. The molecule has 4 rings (SSSR count). The number of aromatic nitrogens is 2. The monoisotopic (exact) mass is 435 g/mol. The van der Waals surface area contributed by atoms with Gasteiger partial charge >= 0.3 is 0 Å². The summed E-state index contributed by atoms with van der Waals surface area (Å²) < 4.78 is 0. The SMILES string of the molecule is Cc1ncc(C(=O)Nc2ccccc2)c([C@H]2CCCCN2CC(=O)NC2CCCCC2)n1. The summed E-state index contributed by atoms with van der Waals surface area (Å²) in [5.74, 6) is 0.488. The van der Waals surface area contributed by atoms with Gasteiger partial charge in [0.25, 0.3) is 5.91 Å². The standard InChI is InChI=1S/C25H33N5O2/c1-18-26-16-21(25(32)29-20-12-6-3-7-13-20)24(27-18)22-14-8-9-15-30(22)17-23(31)28-19-10-4-2-5-11-19/h3,6-7,12-13,16,19,22H,2,4-5,8-11,14-15,17H2,1H3,(H,28,31)(H,29,32)/t22-/m1/s1. The summed E-state index contributed by atoms with van der Waals surface area (Å²) in [4.78, 5) is 37.1. The van der Waals surface area contributed by atoms with Crippen LogP contribution >= 0.6 is 0 Å². The van der Waals surface area contributed by atoms with E-state index in [2.05, 4.69) is 25.5 Å². The van der Waals surface area contributed by atoms with Gasteiger partial charge in [-0.1, -0.05) is 43.9 Å². The van der Waals surface area contributed by atoms with Crippen LogP contribution in [-0.4, -0.2) is 45.8 Å². The molecule has 0 bridgehead atoms. The van der Waals surface area contributed by atoms with Crippen molar-refractivity contribution in [1.29, 1.82) is 0 Å². The van der Waals surface area contributed by atoms with Gasteiger partial charge in [0.05, 0.1) is 23.8 Å². The van der Waals surface area contributed by atoms with Gasteiger partial charge in [-0.2, -0.15) is 0 Å². The highest BCUT2D eigenvalue weighted by Crippen LogP contribution is 2.32. The van der Waals surface area contributed by atoms with Crippen LogP contribution in [0.3, 0.4) is 0 Å². The van der Waals surface area contributed by atoms with Crippen LogP contribution in [0.25, 0.3) is 0 Å². The molecule has 0 radical (unpaired) electrons. The summed E-state index contributed by atoms with van der Waals surface area (Å²) in [6.07, 6.45) is 10.4. The number of hydrogen-bond donors (Lipinski definition) is 2. The predicted molar refractivity (Wildman–Crippen MR) is 124 cm³/mol. The molecule has 1 saturated carbocycles. The molecule has 7 heteroatoms. The number of aryl methyl sites for hydroxylation is 1. The molecule has 1 aliphatic carbocycles. The smallest absolute Gasteiger partial charge is 0.259 e. The molecule has 1 aromatic carbocycles. The van der Waals surface area contributed by atoms with E-state index in [-0.39, 0.29) is 17.9 Å². The van der Waals surface area contributed by atoms with E-state index in [4.69, 9.17) is 0 Å². The van der Waals surface area contributed by atoms with Crippen LogP contribution < -0.4 is 10.6 Å². The van der Waals surface area contributed by atoms with E-state index in [0.717, 1.165) is 50.0 Å². The molecule has 2 fully saturated rings. The first kappa shape index (κ1) is 22.4. The average Bonchev–Trinajstić information content (AvgIpc) is 2.80. The Labute approximate surface area is 190 Å². The minimum Gasteiger partial charge on any atom is -0.352 e. The number of rotatable bonds is 6.